The van der Waals surface area contributed by atoms with Gasteiger partial charge in [0, 0.05) is 30.9 Å². The quantitative estimate of drug-likeness (QED) is 0.798. The molecule has 1 heterocycles. The molecule has 1 aromatic rings. The molecule has 0 amide bonds. The zero-order chi connectivity index (χ0) is 11.7. The van der Waals surface area contributed by atoms with Gasteiger partial charge in [-0.3, -0.25) is 0 Å². The number of piperazine rings is 1. The van der Waals surface area contributed by atoms with E-state index < -0.39 is 0 Å². The molecule has 1 aromatic carbocycles. The topological polar surface area (TPSA) is 15.3 Å². The standard InChI is InChI=1S/C15H22N2/c1-12-6-2-4-8-14(12)17-11-10-16-13-7-3-5-9-15(13)17/h2,4,6,8,13,15-16H,3,5,7,9-11H2,1H3/t13-,15-/m0/s1. The fourth-order valence-electron chi connectivity index (χ4n) is 3.44. The van der Waals surface area contributed by atoms with E-state index in [1.54, 1.807) is 0 Å². The van der Waals surface area contributed by atoms with Gasteiger partial charge >= 0.3 is 0 Å². The van der Waals surface area contributed by atoms with E-state index in [0.717, 1.165) is 25.2 Å². The van der Waals surface area contributed by atoms with Crippen LogP contribution in [-0.2, 0) is 0 Å². The van der Waals surface area contributed by atoms with Crippen molar-refractivity contribution in [3.63, 3.8) is 0 Å². The first-order chi connectivity index (χ1) is 8.36. The third kappa shape index (κ3) is 2.06. The lowest BCUT2D eigenvalue weighted by molar-refractivity contribution is 0.284. The molecule has 1 saturated carbocycles. The smallest absolute Gasteiger partial charge is 0.0443 e. The predicted octanol–water partition coefficient (Wildman–Crippen LogP) is 2.72. The molecule has 0 bridgehead atoms. The maximum atomic E-state index is 3.70. The molecular weight excluding hydrogens is 208 g/mol. The summed E-state index contributed by atoms with van der Waals surface area (Å²) in [4.78, 5) is 2.65. The number of nitrogens with zero attached hydrogens (tertiary/aromatic N) is 1. The van der Waals surface area contributed by atoms with Crippen molar-refractivity contribution in [1.82, 2.24) is 5.32 Å². The Morgan fingerprint density at radius 3 is 2.88 bits per heavy atom. The van der Waals surface area contributed by atoms with Crippen LogP contribution in [0.3, 0.4) is 0 Å². The molecule has 1 N–H and O–H groups in total. The molecule has 1 aliphatic heterocycles. The number of nitrogens with one attached hydrogen (secondary N) is 1. The Morgan fingerprint density at radius 2 is 2.00 bits per heavy atom. The first kappa shape index (κ1) is 11.1. The Hall–Kier alpha value is -1.02. The normalized spacial score (nSPS) is 28.9. The average Bonchev–Trinajstić information content (AvgIpc) is 2.39. The van der Waals surface area contributed by atoms with E-state index in [1.807, 2.05) is 0 Å². The van der Waals surface area contributed by atoms with Gasteiger partial charge in [0.2, 0.25) is 0 Å². The van der Waals surface area contributed by atoms with E-state index in [1.165, 1.54) is 36.9 Å². The Labute approximate surface area is 104 Å². The van der Waals surface area contributed by atoms with Gasteiger partial charge < -0.3 is 10.2 Å². The largest absolute Gasteiger partial charge is 0.365 e. The molecule has 1 saturated heterocycles. The van der Waals surface area contributed by atoms with Crippen LogP contribution in [0.15, 0.2) is 24.3 Å². The lowest BCUT2D eigenvalue weighted by Gasteiger charge is -2.46. The highest BCUT2D eigenvalue weighted by Crippen LogP contribution is 2.31. The maximum Gasteiger partial charge on any atom is 0.0443 e. The summed E-state index contributed by atoms with van der Waals surface area (Å²) < 4.78 is 0. The van der Waals surface area contributed by atoms with Crippen LogP contribution >= 0.6 is 0 Å². The van der Waals surface area contributed by atoms with E-state index in [9.17, 15) is 0 Å². The van der Waals surface area contributed by atoms with Gasteiger partial charge in [0.1, 0.15) is 0 Å². The second-order valence-corrected chi connectivity index (χ2v) is 5.39. The lowest BCUT2D eigenvalue weighted by atomic mass is 9.87. The van der Waals surface area contributed by atoms with E-state index in [-0.39, 0.29) is 0 Å². The summed E-state index contributed by atoms with van der Waals surface area (Å²) in [5.41, 5.74) is 2.87. The molecule has 2 heteroatoms. The van der Waals surface area contributed by atoms with Crippen LogP contribution in [0.1, 0.15) is 31.2 Å². The van der Waals surface area contributed by atoms with Crippen molar-refractivity contribution in [2.75, 3.05) is 18.0 Å². The first-order valence-corrected chi connectivity index (χ1v) is 6.92. The number of anilines is 1. The minimum absolute atomic E-state index is 0.720. The van der Waals surface area contributed by atoms with Gasteiger partial charge in [-0.25, -0.2) is 0 Å². The minimum Gasteiger partial charge on any atom is -0.365 e. The fourth-order valence-corrected chi connectivity index (χ4v) is 3.44. The average molecular weight is 230 g/mol. The van der Waals surface area contributed by atoms with Crippen molar-refractivity contribution in [2.45, 2.75) is 44.7 Å². The maximum absolute atomic E-state index is 3.70. The van der Waals surface area contributed by atoms with E-state index in [0.29, 0.717) is 0 Å². The van der Waals surface area contributed by atoms with Crippen LogP contribution in [0.25, 0.3) is 0 Å². The van der Waals surface area contributed by atoms with Crippen molar-refractivity contribution in [3.8, 4) is 0 Å². The zero-order valence-electron chi connectivity index (χ0n) is 10.7. The summed E-state index contributed by atoms with van der Waals surface area (Å²) in [6.45, 7) is 4.52. The number of fused-ring (bicyclic) bond motifs is 1. The highest BCUT2D eigenvalue weighted by Gasteiger charge is 2.33. The number of aryl methyl sites for hydroxylation is 1. The third-order valence-corrected chi connectivity index (χ3v) is 4.31. The predicted molar refractivity (Wildman–Crippen MR) is 72.6 cm³/mol. The molecule has 3 rings (SSSR count). The summed E-state index contributed by atoms with van der Waals surface area (Å²) in [5.74, 6) is 0. The van der Waals surface area contributed by atoms with Crippen molar-refractivity contribution < 1.29 is 0 Å². The molecule has 2 fully saturated rings. The highest BCUT2D eigenvalue weighted by molar-refractivity contribution is 5.54. The molecule has 17 heavy (non-hydrogen) atoms. The Balaban J connectivity index is 1.88. The number of hydrogen-bond acceptors (Lipinski definition) is 2. The van der Waals surface area contributed by atoms with Crippen LogP contribution in [0.4, 0.5) is 5.69 Å². The molecule has 92 valence electrons. The Bertz CT molecular complexity index is 386. The molecule has 0 spiro atoms. The van der Waals surface area contributed by atoms with Gasteiger partial charge in [0.15, 0.2) is 0 Å². The molecule has 0 radical (unpaired) electrons. The summed E-state index contributed by atoms with van der Waals surface area (Å²) in [7, 11) is 0. The van der Waals surface area contributed by atoms with E-state index in [2.05, 4.69) is 41.4 Å². The molecule has 1 aliphatic carbocycles. The van der Waals surface area contributed by atoms with Gasteiger partial charge in [-0.15, -0.1) is 0 Å². The lowest BCUT2D eigenvalue weighted by Crippen LogP contribution is -2.59. The van der Waals surface area contributed by atoms with Crippen LogP contribution < -0.4 is 10.2 Å². The van der Waals surface area contributed by atoms with E-state index >= 15 is 0 Å². The summed E-state index contributed by atoms with van der Waals surface area (Å²) in [6, 6.07) is 10.3. The molecular formula is C15H22N2. The van der Waals surface area contributed by atoms with Gasteiger partial charge in [-0.1, -0.05) is 31.0 Å². The van der Waals surface area contributed by atoms with Crippen LogP contribution in [0, 0.1) is 6.92 Å². The van der Waals surface area contributed by atoms with Crippen molar-refractivity contribution in [1.29, 1.82) is 0 Å². The van der Waals surface area contributed by atoms with Crippen molar-refractivity contribution >= 4 is 5.69 Å². The van der Waals surface area contributed by atoms with Gasteiger partial charge in [0.05, 0.1) is 0 Å². The van der Waals surface area contributed by atoms with Gasteiger partial charge in [-0.2, -0.15) is 0 Å². The molecule has 2 nitrogen and oxygen atoms in total. The summed E-state index contributed by atoms with van der Waals surface area (Å²) in [6.07, 6.45) is 5.50. The highest BCUT2D eigenvalue weighted by atomic mass is 15.2. The SMILES string of the molecule is Cc1ccccc1N1CCN[C@H]2CCCC[C@@H]21. The zero-order valence-corrected chi connectivity index (χ0v) is 10.7. The van der Waals surface area contributed by atoms with Gasteiger partial charge in [-0.05, 0) is 31.4 Å². The van der Waals surface area contributed by atoms with Crippen LogP contribution in [0.2, 0.25) is 0 Å². The number of rotatable bonds is 1. The molecule has 2 atom stereocenters. The number of hydrogen-bond donors (Lipinski definition) is 1. The first-order valence-electron chi connectivity index (χ1n) is 6.92. The summed E-state index contributed by atoms with van der Waals surface area (Å²) in [5, 5.41) is 3.70. The number of benzene rings is 1. The Morgan fingerprint density at radius 1 is 1.18 bits per heavy atom. The second-order valence-electron chi connectivity index (χ2n) is 5.39. The van der Waals surface area contributed by atoms with Crippen molar-refractivity contribution in [3.05, 3.63) is 29.8 Å². The molecule has 0 aromatic heterocycles. The van der Waals surface area contributed by atoms with Crippen LogP contribution in [0.5, 0.6) is 0 Å². The molecule has 0 unspecified atom stereocenters. The Kier molecular flexibility index (Phi) is 3.06. The second kappa shape index (κ2) is 4.69. The van der Waals surface area contributed by atoms with Crippen LogP contribution in [-0.4, -0.2) is 25.2 Å². The minimum atomic E-state index is 0.720. The monoisotopic (exact) mass is 230 g/mol. The summed E-state index contributed by atoms with van der Waals surface area (Å²) >= 11 is 0. The molecule has 2 aliphatic rings. The third-order valence-electron chi connectivity index (χ3n) is 4.31. The van der Waals surface area contributed by atoms with E-state index in [4.69, 9.17) is 0 Å². The van der Waals surface area contributed by atoms with Gasteiger partial charge in [0.25, 0.3) is 0 Å². The fraction of sp³-hybridized carbons (Fsp3) is 0.600. The van der Waals surface area contributed by atoms with Crippen molar-refractivity contribution in [2.24, 2.45) is 0 Å². The number of para-hydroxylation sites is 1.